The third kappa shape index (κ3) is 5.04. The number of halogens is 1. The van der Waals surface area contributed by atoms with Crippen LogP contribution >= 0.6 is 34.5 Å². The number of aromatic amines is 1. The smallest absolute Gasteiger partial charge is 0.226 e. The van der Waals surface area contributed by atoms with Crippen molar-refractivity contribution >= 4 is 72.3 Å². The zero-order chi connectivity index (χ0) is 26.4. The third-order valence-electron chi connectivity index (χ3n) is 8.09. The fraction of sp³-hybridized carbons (Fsp3) is 0.519. The molecule has 0 bridgehead atoms. The minimum absolute atomic E-state index is 0.0508. The zero-order valence-corrected chi connectivity index (χ0v) is 24.5. The van der Waals surface area contributed by atoms with Crippen LogP contribution in [0.25, 0.3) is 20.4 Å². The number of amides is 1. The molecule has 1 atom stereocenters. The highest BCUT2D eigenvalue weighted by Crippen LogP contribution is 2.42. The summed E-state index contributed by atoms with van der Waals surface area (Å²) in [6, 6.07) is 4.57. The van der Waals surface area contributed by atoms with Crippen LogP contribution in [0.4, 0.5) is 11.5 Å². The Morgan fingerprint density at radius 1 is 1.18 bits per heavy atom. The summed E-state index contributed by atoms with van der Waals surface area (Å²) in [5.74, 6) is 1.17. The number of thiophene rings is 1. The van der Waals surface area contributed by atoms with E-state index in [1.165, 1.54) is 15.1 Å². The number of hydrogen-bond acceptors (Lipinski definition) is 8. The molecule has 1 aliphatic carbocycles. The number of benzene rings is 1. The number of likely N-dealkylation sites (tertiary alicyclic amines) is 1. The molecule has 4 aromatic rings. The molecule has 0 unspecified atom stereocenters. The largest absolute Gasteiger partial charge is 0.342 e. The summed E-state index contributed by atoms with van der Waals surface area (Å²) in [4.78, 5) is 31.7. The SMILES string of the molecule is CN(C)CCN(C)C1CCN(C(=O)[C@H]2CCc3c(sc4ncnc(Nc5cc6s[nH]c6cc5Cl)c34)C2)CC1. The van der Waals surface area contributed by atoms with E-state index in [1.54, 1.807) is 29.2 Å². The quantitative estimate of drug-likeness (QED) is 0.316. The van der Waals surface area contributed by atoms with Crippen LogP contribution in [-0.2, 0) is 17.6 Å². The summed E-state index contributed by atoms with van der Waals surface area (Å²) in [5.41, 5.74) is 3.19. The first-order valence-electron chi connectivity index (χ1n) is 13.3. The van der Waals surface area contributed by atoms with Crippen LogP contribution < -0.4 is 5.32 Å². The van der Waals surface area contributed by atoms with Crippen molar-refractivity contribution in [2.24, 2.45) is 5.92 Å². The number of carbonyl (C=O) groups excluding carboxylic acids is 1. The average molecular weight is 572 g/mol. The third-order valence-corrected chi connectivity index (χ3v) is 10.4. The van der Waals surface area contributed by atoms with E-state index in [0.29, 0.717) is 17.0 Å². The Labute approximate surface area is 236 Å². The molecule has 2 aliphatic rings. The van der Waals surface area contributed by atoms with Crippen LogP contribution in [0.3, 0.4) is 0 Å². The predicted molar refractivity (Wildman–Crippen MR) is 158 cm³/mol. The van der Waals surface area contributed by atoms with E-state index < -0.39 is 0 Å². The lowest BCUT2D eigenvalue weighted by Gasteiger charge is -2.38. The number of aryl methyl sites for hydroxylation is 1. The zero-order valence-electron chi connectivity index (χ0n) is 22.1. The molecular formula is C27H34ClN7OS2. The van der Waals surface area contributed by atoms with Gasteiger partial charge in [0.15, 0.2) is 0 Å². The monoisotopic (exact) mass is 571 g/mol. The number of fused-ring (bicyclic) bond motifs is 4. The first-order valence-corrected chi connectivity index (χ1v) is 15.3. The van der Waals surface area contributed by atoms with E-state index in [-0.39, 0.29) is 5.92 Å². The molecule has 1 saturated heterocycles. The van der Waals surface area contributed by atoms with E-state index in [4.69, 9.17) is 11.6 Å². The lowest BCUT2D eigenvalue weighted by molar-refractivity contribution is -0.137. The van der Waals surface area contributed by atoms with Crippen LogP contribution in [0.1, 0.15) is 29.7 Å². The Morgan fingerprint density at radius 3 is 2.74 bits per heavy atom. The number of H-pyrrole nitrogens is 1. The molecule has 1 amide bonds. The summed E-state index contributed by atoms with van der Waals surface area (Å²) in [6.07, 6.45) is 6.26. The van der Waals surface area contributed by atoms with Crippen molar-refractivity contribution in [3.63, 3.8) is 0 Å². The molecular weight excluding hydrogens is 538 g/mol. The van der Waals surface area contributed by atoms with Crippen molar-refractivity contribution in [2.75, 3.05) is 52.6 Å². The molecule has 1 aromatic carbocycles. The van der Waals surface area contributed by atoms with Crippen molar-refractivity contribution in [1.82, 2.24) is 29.0 Å². The summed E-state index contributed by atoms with van der Waals surface area (Å²) >= 11 is 9.83. The first-order chi connectivity index (χ1) is 18.4. The number of nitrogens with one attached hydrogen (secondary N) is 2. The van der Waals surface area contributed by atoms with Gasteiger partial charge in [0.1, 0.15) is 17.0 Å². The van der Waals surface area contributed by atoms with E-state index in [2.05, 4.69) is 61.6 Å². The molecule has 1 aliphatic heterocycles. The number of rotatable bonds is 7. The topological polar surface area (TPSA) is 80.4 Å². The number of nitrogens with zero attached hydrogens (tertiary/aromatic N) is 5. The van der Waals surface area contributed by atoms with Gasteiger partial charge in [0.2, 0.25) is 5.91 Å². The van der Waals surface area contributed by atoms with Crippen LogP contribution in [-0.4, -0.2) is 88.3 Å². The molecule has 0 spiro atoms. The second-order valence-electron chi connectivity index (χ2n) is 10.8. The maximum atomic E-state index is 13.5. The second-order valence-corrected chi connectivity index (χ2v) is 13.2. The summed E-state index contributed by atoms with van der Waals surface area (Å²) in [5, 5.41) is 5.20. The molecule has 6 rings (SSSR count). The summed E-state index contributed by atoms with van der Waals surface area (Å²) in [6.45, 7) is 3.85. The highest BCUT2D eigenvalue weighted by Gasteiger charge is 2.33. The molecule has 8 nitrogen and oxygen atoms in total. The highest BCUT2D eigenvalue weighted by atomic mass is 35.5. The van der Waals surface area contributed by atoms with Crippen LogP contribution in [0.15, 0.2) is 18.5 Å². The number of anilines is 2. The Bertz CT molecular complexity index is 1450. The molecule has 0 saturated carbocycles. The number of aromatic nitrogens is 3. The molecule has 2 N–H and O–H groups in total. The minimum Gasteiger partial charge on any atom is -0.342 e. The molecule has 202 valence electrons. The Balaban J connectivity index is 1.14. The van der Waals surface area contributed by atoms with Crippen molar-refractivity contribution < 1.29 is 4.79 Å². The first kappa shape index (κ1) is 26.0. The summed E-state index contributed by atoms with van der Waals surface area (Å²) < 4.78 is 4.35. The van der Waals surface area contributed by atoms with Crippen LogP contribution in [0.2, 0.25) is 5.02 Å². The average Bonchev–Trinajstić information content (AvgIpc) is 3.29. The van der Waals surface area contributed by atoms with Crippen molar-refractivity contribution in [2.45, 2.75) is 38.1 Å². The van der Waals surface area contributed by atoms with Gasteiger partial charge in [-0.15, -0.1) is 11.3 Å². The van der Waals surface area contributed by atoms with Gasteiger partial charge in [-0.3, -0.25) is 4.79 Å². The second kappa shape index (κ2) is 10.7. The maximum Gasteiger partial charge on any atom is 0.226 e. The number of likely N-dealkylation sites (N-methyl/N-ethyl adjacent to an activating group) is 2. The fourth-order valence-electron chi connectivity index (χ4n) is 5.75. The lowest BCUT2D eigenvalue weighted by Crippen LogP contribution is -2.48. The fourth-order valence-corrected chi connectivity index (χ4v) is 7.86. The molecule has 1 fully saturated rings. The van der Waals surface area contributed by atoms with Crippen LogP contribution in [0, 0.1) is 5.92 Å². The van der Waals surface area contributed by atoms with E-state index >= 15 is 0 Å². The Kier molecular flexibility index (Phi) is 7.34. The van der Waals surface area contributed by atoms with Gasteiger partial charge >= 0.3 is 0 Å². The normalized spacial score (nSPS) is 18.7. The van der Waals surface area contributed by atoms with Gasteiger partial charge in [0, 0.05) is 43.0 Å². The predicted octanol–water partition coefficient (Wildman–Crippen LogP) is 5.22. The van der Waals surface area contributed by atoms with E-state index in [1.807, 2.05) is 6.07 Å². The molecule has 0 radical (unpaired) electrons. The van der Waals surface area contributed by atoms with Gasteiger partial charge in [-0.1, -0.05) is 23.1 Å². The molecule has 3 aromatic heterocycles. The van der Waals surface area contributed by atoms with Gasteiger partial charge in [-0.25, -0.2) is 9.97 Å². The number of carbonyl (C=O) groups is 1. The molecule has 4 heterocycles. The van der Waals surface area contributed by atoms with Crippen molar-refractivity contribution in [1.29, 1.82) is 0 Å². The summed E-state index contributed by atoms with van der Waals surface area (Å²) in [7, 11) is 6.45. The van der Waals surface area contributed by atoms with Gasteiger partial charge in [0.05, 0.1) is 26.3 Å². The standard InChI is InChI=1S/C27H34ClN7OS2/c1-33(2)10-11-34(3)17-6-8-35(9-7-17)27(36)16-4-5-18-22(12-16)37-26-24(18)25(29-15-30-26)31-20-14-23-21(32-38-23)13-19(20)28/h13-17,32H,4-12H2,1-3H3,(H,29,30,31)/t16-/m0/s1. The highest BCUT2D eigenvalue weighted by molar-refractivity contribution is 7.19. The van der Waals surface area contributed by atoms with Crippen molar-refractivity contribution in [3.8, 4) is 0 Å². The number of piperidine rings is 1. The van der Waals surface area contributed by atoms with E-state index in [0.717, 1.165) is 85.5 Å². The van der Waals surface area contributed by atoms with Gasteiger partial charge in [-0.05, 0) is 70.9 Å². The Hall–Kier alpha value is -2.24. The molecule has 38 heavy (non-hydrogen) atoms. The minimum atomic E-state index is 0.0508. The number of hydrogen-bond donors (Lipinski definition) is 2. The molecule has 11 heteroatoms. The lowest BCUT2D eigenvalue weighted by atomic mass is 9.86. The van der Waals surface area contributed by atoms with Crippen LogP contribution in [0.5, 0.6) is 0 Å². The maximum absolute atomic E-state index is 13.5. The van der Waals surface area contributed by atoms with Crippen molar-refractivity contribution in [3.05, 3.63) is 33.9 Å². The van der Waals surface area contributed by atoms with Gasteiger partial charge in [0.25, 0.3) is 0 Å². The van der Waals surface area contributed by atoms with Gasteiger partial charge < -0.3 is 24.4 Å². The van der Waals surface area contributed by atoms with E-state index in [9.17, 15) is 4.79 Å². The van der Waals surface area contributed by atoms with Gasteiger partial charge in [-0.2, -0.15) is 0 Å². The Morgan fingerprint density at radius 2 is 2.00 bits per heavy atom.